The van der Waals surface area contributed by atoms with Crippen molar-refractivity contribution in [2.24, 2.45) is 27.3 Å². The average Bonchev–Trinajstić information content (AvgIpc) is 3.39. The van der Waals surface area contributed by atoms with Crippen LogP contribution in [0, 0.1) is 27.4 Å². The van der Waals surface area contributed by atoms with Crippen LogP contribution in [0.2, 0.25) is 0 Å². The fourth-order valence-corrected chi connectivity index (χ4v) is 8.14. The molecule has 1 aromatic heterocycles. The van der Waals surface area contributed by atoms with E-state index < -0.39 is 14.9 Å². The highest BCUT2D eigenvalue weighted by Crippen LogP contribution is 2.58. The van der Waals surface area contributed by atoms with Gasteiger partial charge in [-0.25, -0.2) is 18.1 Å². The largest absolute Gasteiger partial charge is 0.379 e. The van der Waals surface area contributed by atoms with Crippen molar-refractivity contribution in [1.82, 2.24) is 8.98 Å². The van der Waals surface area contributed by atoms with E-state index in [0.717, 1.165) is 12.8 Å². The maximum Gasteiger partial charge on any atom is 0.270 e. The first-order valence-electron chi connectivity index (χ1n) is 13.6. The Labute approximate surface area is 242 Å². The average molecular weight is 594 g/mol. The minimum Gasteiger partial charge on any atom is -0.379 e. The minimum atomic E-state index is -3.61. The standard InChI is InChI=1S/C29H31N5O5S2/c1-29(2)22-7-6-21(26(29)17-22)18-30-33-27(20-4-3-5-24(16-20)34(35)36)19-40-28(33)31-23-8-10-25(11-9-23)41(37,38)32-12-14-39-15-13-32/h3-6,8-11,16,18-19,22,26H,7,12-15,17H2,1-2H3. The topological polar surface area (TPSA) is 119 Å². The Balaban J connectivity index is 1.37. The Kier molecular flexibility index (Phi) is 7.26. The number of hydrogen-bond acceptors (Lipinski definition) is 8. The second-order valence-corrected chi connectivity index (χ2v) is 13.9. The maximum atomic E-state index is 13.0. The van der Waals surface area contributed by atoms with Gasteiger partial charge in [0.25, 0.3) is 5.69 Å². The number of allylic oxidation sites excluding steroid dienone is 2. The van der Waals surface area contributed by atoms with Crippen LogP contribution in [0.3, 0.4) is 0 Å². The Morgan fingerprint density at radius 3 is 2.59 bits per heavy atom. The molecule has 0 amide bonds. The number of hydrogen-bond donors (Lipinski definition) is 0. The van der Waals surface area contributed by atoms with E-state index in [-0.39, 0.29) is 16.0 Å². The summed E-state index contributed by atoms with van der Waals surface area (Å²) in [5.41, 5.74) is 3.35. The summed E-state index contributed by atoms with van der Waals surface area (Å²) in [5, 5.41) is 18.2. The molecule has 0 radical (unpaired) electrons. The quantitative estimate of drug-likeness (QED) is 0.212. The molecule has 4 aliphatic rings. The van der Waals surface area contributed by atoms with Crippen molar-refractivity contribution in [3.05, 3.63) is 80.5 Å². The SMILES string of the molecule is CC1(C)C2CC=C(C=Nn3c(-c4cccc([N+](=O)[O-])c4)csc3=Nc3ccc(S(=O)(=O)N4CCOCC4)cc3)C1C2. The summed E-state index contributed by atoms with van der Waals surface area (Å²) >= 11 is 1.36. The molecule has 2 bridgehead atoms. The normalized spacial score (nSPS) is 22.9. The molecule has 3 aliphatic carbocycles. The highest BCUT2D eigenvalue weighted by atomic mass is 32.2. The molecule has 2 unspecified atom stereocenters. The summed E-state index contributed by atoms with van der Waals surface area (Å²) < 4.78 is 34.5. The highest BCUT2D eigenvalue weighted by Gasteiger charge is 2.50. The zero-order valence-electron chi connectivity index (χ0n) is 22.8. The minimum absolute atomic E-state index is 0.00275. The lowest BCUT2D eigenvalue weighted by atomic mass is 9.49. The van der Waals surface area contributed by atoms with Crippen LogP contribution in [0.1, 0.15) is 26.7 Å². The predicted octanol–water partition coefficient (Wildman–Crippen LogP) is 5.20. The second-order valence-electron chi connectivity index (χ2n) is 11.1. The number of ether oxygens (including phenoxy) is 1. The molecular formula is C29H31N5O5S2. The lowest BCUT2D eigenvalue weighted by Gasteiger charge is -2.55. The van der Waals surface area contributed by atoms with Gasteiger partial charge in [-0.05, 0) is 59.9 Å². The van der Waals surface area contributed by atoms with Crippen LogP contribution in [0.15, 0.2) is 80.5 Å². The molecule has 2 atom stereocenters. The molecule has 2 fully saturated rings. The molecule has 3 aromatic rings. The molecule has 1 saturated carbocycles. The third-order valence-corrected chi connectivity index (χ3v) is 11.3. The number of nitrogens with zero attached hydrogens (tertiary/aromatic N) is 5. The van der Waals surface area contributed by atoms with Crippen LogP contribution in [0.4, 0.5) is 11.4 Å². The first-order valence-corrected chi connectivity index (χ1v) is 15.9. The van der Waals surface area contributed by atoms with E-state index in [2.05, 4.69) is 19.9 Å². The highest BCUT2D eigenvalue weighted by molar-refractivity contribution is 7.89. The Bertz CT molecular complexity index is 1710. The number of nitro groups is 1. The first-order chi connectivity index (χ1) is 19.6. The van der Waals surface area contributed by atoms with Gasteiger partial charge in [0.05, 0.1) is 40.6 Å². The lowest BCUT2D eigenvalue weighted by Crippen LogP contribution is -2.48. The fourth-order valence-electron chi connectivity index (χ4n) is 5.87. The molecule has 1 aliphatic heterocycles. The second kappa shape index (κ2) is 10.8. The first kappa shape index (κ1) is 27.7. The maximum absolute atomic E-state index is 13.0. The van der Waals surface area contributed by atoms with Crippen molar-refractivity contribution in [1.29, 1.82) is 0 Å². The van der Waals surface area contributed by atoms with Gasteiger partial charge in [-0.15, -0.1) is 11.3 Å². The molecule has 0 N–H and O–H groups in total. The van der Waals surface area contributed by atoms with Gasteiger partial charge >= 0.3 is 0 Å². The van der Waals surface area contributed by atoms with E-state index in [1.807, 2.05) is 17.7 Å². The van der Waals surface area contributed by atoms with Crippen molar-refractivity contribution in [3.8, 4) is 11.3 Å². The zero-order chi connectivity index (χ0) is 28.8. The van der Waals surface area contributed by atoms with E-state index >= 15 is 0 Å². The number of fused-ring (bicyclic) bond motifs is 1. The van der Waals surface area contributed by atoms with Gasteiger partial charge < -0.3 is 4.74 Å². The van der Waals surface area contributed by atoms with Crippen molar-refractivity contribution in [2.75, 3.05) is 26.3 Å². The van der Waals surface area contributed by atoms with Crippen molar-refractivity contribution >= 4 is 38.9 Å². The summed E-state index contributed by atoms with van der Waals surface area (Å²) in [4.78, 5) is 16.6. The molecule has 10 nitrogen and oxygen atoms in total. The number of benzene rings is 2. The number of aromatic nitrogens is 1. The number of thiazole rings is 1. The fraction of sp³-hybridized carbons (Fsp3) is 0.379. The van der Waals surface area contributed by atoms with E-state index in [1.54, 1.807) is 35.0 Å². The Hall–Kier alpha value is -3.45. The van der Waals surface area contributed by atoms with Crippen LogP contribution >= 0.6 is 11.3 Å². The van der Waals surface area contributed by atoms with Crippen molar-refractivity contribution < 1.29 is 18.1 Å². The van der Waals surface area contributed by atoms with E-state index in [4.69, 9.17) is 14.8 Å². The number of sulfonamides is 1. The Morgan fingerprint density at radius 1 is 1.15 bits per heavy atom. The van der Waals surface area contributed by atoms with Crippen LogP contribution in [-0.2, 0) is 14.8 Å². The van der Waals surface area contributed by atoms with Gasteiger partial charge in [0.2, 0.25) is 14.8 Å². The van der Waals surface area contributed by atoms with Gasteiger partial charge in [0.1, 0.15) is 0 Å². The molecule has 2 heterocycles. The summed E-state index contributed by atoms with van der Waals surface area (Å²) in [6.07, 6.45) is 6.35. The summed E-state index contributed by atoms with van der Waals surface area (Å²) in [6.45, 7) is 6.04. The molecule has 12 heteroatoms. The summed E-state index contributed by atoms with van der Waals surface area (Å²) in [5.74, 6) is 1.16. The summed E-state index contributed by atoms with van der Waals surface area (Å²) in [7, 11) is -3.61. The smallest absolute Gasteiger partial charge is 0.270 e. The van der Waals surface area contributed by atoms with Gasteiger partial charge in [-0.2, -0.15) is 9.41 Å². The Morgan fingerprint density at radius 2 is 1.90 bits per heavy atom. The van der Waals surface area contributed by atoms with Crippen LogP contribution in [0.5, 0.6) is 0 Å². The molecule has 41 heavy (non-hydrogen) atoms. The summed E-state index contributed by atoms with van der Waals surface area (Å²) in [6, 6.07) is 12.9. The van der Waals surface area contributed by atoms with Gasteiger partial charge in [-0.1, -0.05) is 32.1 Å². The number of morpholine rings is 1. The van der Waals surface area contributed by atoms with Crippen molar-refractivity contribution in [3.63, 3.8) is 0 Å². The molecule has 214 valence electrons. The molecule has 0 spiro atoms. The van der Waals surface area contributed by atoms with E-state index in [9.17, 15) is 18.5 Å². The number of rotatable bonds is 7. The number of non-ortho nitro benzene ring substituents is 1. The monoisotopic (exact) mass is 593 g/mol. The van der Waals surface area contributed by atoms with E-state index in [1.165, 1.54) is 33.3 Å². The molecule has 2 aromatic carbocycles. The van der Waals surface area contributed by atoms with Gasteiger partial charge in [0, 0.05) is 36.2 Å². The van der Waals surface area contributed by atoms with Crippen molar-refractivity contribution in [2.45, 2.75) is 31.6 Å². The molecule has 7 rings (SSSR count). The van der Waals surface area contributed by atoms with Crippen LogP contribution in [0.25, 0.3) is 11.3 Å². The zero-order valence-corrected chi connectivity index (χ0v) is 24.5. The van der Waals surface area contributed by atoms with Gasteiger partial charge in [0.15, 0.2) is 0 Å². The lowest BCUT2D eigenvalue weighted by molar-refractivity contribution is -0.384. The van der Waals surface area contributed by atoms with Crippen LogP contribution < -0.4 is 4.80 Å². The van der Waals surface area contributed by atoms with E-state index in [0.29, 0.717) is 59.9 Å². The third-order valence-electron chi connectivity index (χ3n) is 8.54. The van der Waals surface area contributed by atoms with Gasteiger partial charge in [-0.3, -0.25) is 10.1 Å². The predicted molar refractivity (Wildman–Crippen MR) is 158 cm³/mol. The number of nitro benzene ring substituents is 1. The molecular weight excluding hydrogens is 562 g/mol. The molecule has 1 saturated heterocycles. The van der Waals surface area contributed by atoms with Crippen LogP contribution in [-0.4, -0.2) is 54.8 Å². The third kappa shape index (κ3) is 5.21.